The van der Waals surface area contributed by atoms with Crippen LogP contribution in [0.5, 0.6) is 0 Å². The monoisotopic (exact) mass is 331 g/mol. The number of carbonyl (C=O) groups is 2. The van der Waals surface area contributed by atoms with Crippen molar-refractivity contribution >= 4 is 35.1 Å². The van der Waals surface area contributed by atoms with Crippen molar-refractivity contribution in [3.05, 3.63) is 68.9 Å². The number of aldehydes is 1. The molecule has 0 fully saturated rings. The molecule has 0 bridgehead atoms. The molecule has 0 radical (unpaired) electrons. The Morgan fingerprint density at radius 3 is 2.86 bits per heavy atom. The Morgan fingerprint density at radius 1 is 1.36 bits per heavy atom. The van der Waals surface area contributed by atoms with Gasteiger partial charge in [0.05, 0.1) is 10.9 Å². The maximum atomic E-state index is 12.0. The molecule has 1 aliphatic heterocycles. The van der Waals surface area contributed by atoms with Crippen LogP contribution in [0.25, 0.3) is 0 Å². The van der Waals surface area contributed by atoms with E-state index in [0.717, 1.165) is 22.3 Å². The van der Waals surface area contributed by atoms with Crippen LogP contribution >= 0.6 is 22.9 Å². The molecule has 0 spiro atoms. The molecule has 2 aromatic rings. The summed E-state index contributed by atoms with van der Waals surface area (Å²) < 4.78 is 0.700. The van der Waals surface area contributed by atoms with Crippen molar-refractivity contribution in [3.8, 4) is 0 Å². The molecular weight excluding hydrogens is 318 g/mol. The molecule has 0 unspecified atom stereocenters. The molecule has 1 atom stereocenters. The Labute approximate surface area is 137 Å². The number of hydrogen-bond donors (Lipinski definition) is 0. The fourth-order valence-corrected chi connectivity index (χ4v) is 4.24. The van der Waals surface area contributed by atoms with Crippen LogP contribution in [0.2, 0.25) is 4.34 Å². The third-order valence-corrected chi connectivity index (χ3v) is 5.17. The van der Waals surface area contributed by atoms with Crippen LogP contribution in [0.3, 0.4) is 0 Å². The molecule has 0 saturated heterocycles. The molecule has 0 aliphatic carbocycles. The fourth-order valence-electron chi connectivity index (χ4n) is 2.88. The van der Waals surface area contributed by atoms with Gasteiger partial charge in [-0.3, -0.25) is 9.59 Å². The third-order valence-electron chi connectivity index (χ3n) is 3.91. The molecule has 1 aliphatic rings. The molecule has 0 saturated carbocycles. The normalized spacial score (nSPS) is 17.0. The van der Waals surface area contributed by atoms with Gasteiger partial charge in [-0.15, -0.1) is 11.3 Å². The van der Waals surface area contributed by atoms with E-state index in [4.69, 9.17) is 11.6 Å². The average molecular weight is 332 g/mol. The summed E-state index contributed by atoms with van der Waals surface area (Å²) >= 11 is 7.65. The average Bonchev–Trinajstić information content (AvgIpc) is 2.93. The predicted molar refractivity (Wildman–Crippen MR) is 88.6 cm³/mol. The Kier molecular flexibility index (Phi) is 4.14. The van der Waals surface area contributed by atoms with E-state index in [1.807, 2.05) is 24.3 Å². The van der Waals surface area contributed by atoms with Gasteiger partial charge in [-0.05, 0) is 23.3 Å². The fraction of sp³-hybridized carbons (Fsp3) is 0.176. The Hall–Kier alpha value is -1.91. The lowest BCUT2D eigenvalue weighted by Gasteiger charge is -2.33. The van der Waals surface area contributed by atoms with Crippen molar-refractivity contribution in [3.63, 3.8) is 0 Å². The number of fused-ring (bicyclic) bond motifs is 1. The molecular formula is C17H14ClNO2S. The second-order valence-electron chi connectivity index (χ2n) is 5.15. The van der Waals surface area contributed by atoms with E-state index in [2.05, 4.69) is 6.58 Å². The lowest BCUT2D eigenvalue weighted by Crippen LogP contribution is -2.37. The number of thiophene rings is 1. The number of halogens is 1. The largest absolute Gasteiger partial charge is 0.333 e. The van der Waals surface area contributed by atoms with Crippen LogP contribution in [0.15, 0.2) is 43.0 Å². The van der Waals surface area contributed by atoms with Crippen molar-refractivity contribution in [2.45, 2.75) is 12.5 Å². The summed E-state index contributed by atoms with van der Waals surface area (Å²) in [5, 5.41) is 0. The van der Waals surface area contributed by atoms with E-state index in [1.54, 1.807) is 11.0 Å². The van der Waals surface area contributed by atoms with Gasteiger partial charge in [-0.2, -0.15) is 0 Å². The minimum absolute atomic E-state index is 0.0437. The Balaban J connectivity index is 2.10. The number of benzene rings is 1. The van der Waals surface area contributed by atoms with Crippen LogP contribution in [-0.2, 0) is 11.3 Å². The first kappa shape index (κ1) is 15.0. The van der Waals surface area contributed by atoms with Gasteiger partial charge in [0, 0.05) is 22.9 Å². The topological polar surface area (TPSA) is 37.4 Å². The van der Waals surface area contributed by atoms with Crippen LogP contribution in [0.1, 0.15) is 32.3 Å². The summed E-state index contributed by atoms with van der Waals surface area (Å²) in [5.41, 5.74) is 2.68. The summed E-state index contributed by atoms with van der Waals surface area (Å²) in [6.45, 7) is 4.62. The third kappa shape index (κ3) is 2.60. The molecule has 1 aromatic carbocycles. The number of amides is 1. The number of carbonyl (C=O) groups excluding carboxylic acids is 2. The van der Waals surface area contributed by atoms with E-state index in [0.29, 0.717) is 23.0 Å². The van der Waals surface area contributed by atoms with Crippen LogP contribution in [0, 0.1) is 0 Å². The van der Waals surface area contributed by atoms with Crippen molar-refractivity contribution in [1.29, 1.82) is 0 Å². The van der Waals surface area contributed by atoms with E-state index in [9.17, 15) is 9.59 Å². The highest BCUT2D eigenvalue weighted by Crippen LogP contribution is 2.40. The van der Waals surface area contributed by atoms with Gasteiger partial charge in [0.25, 0.3) is 0 Å². The van der Waals surface area contributed by atoms with Gasteiger partial charge in [0.2, 0.25) is 5.91 Å². The first-order valence-corrected chi connectivity index (χ1v) is 8.07. The minimum Gasteiger partial charge on any atom is -0.333 e. The summed E-state index contributed by atoms with van der Waals surface area (Å²) in [7, 11) is 0. The number of rotatable bonds is 3. The molecule has 112 valence electrons. The highest BCUT2D eigenvalue weighted by atomic mass is 35.5. The predicted octanol–water partition coefficient (Wildman–Crippen LogP) is 3.87. The van der Waals surface area contributed by atoms with Crippen molar-refractivity contribution in [2.24, 2.45) is 0 Å². The summed E-state index contributed by atoms with van der Waals surface area (Å²) in [5.74, 6) is -0.151. The SMILES string of the molecule is C=CC(=O)N1Cc2sc(Cl)cc2[C@@H](c2ccccc2C=O)C1. The lowest BCUT2D eigenvalue weighted by molar-refractivity contribution is -0.127. The van der Waals surface area contributed by atoms with Crippen LogP contribution in [0.4, 0.5) is 0 Å². The Bertz CT molecular complexity index is 753. The maximum Gasteiger partial charge on any atom is 0.246 e. The summed E-state index contributed by atoms with van der Waals surface area (Å²) in [6.07, 6.45) is 2.18. The zero-order valence-electron chi connectivity index (χ0n) is 11.8. The van der Waals surface area contributed by atoms with Gasteiger partial charge in [-0.1, -0.05) is 42.4 Å². The standard InChI is InChI=1S/C17H14ClNO2S/c1-2-17(21)19-8-14(12-6-4-3-5-11(12)10-20)13-7-16(18)22-15(13)9-19/h2-7,10,14H,1,8-9H2/t14-/m1/s1. The summed E-state index contributed by atoms with van der Waals surface area (Å²) in [6, 6.07) is 9.42. The molecule has 3 rings (SSSR count). The zero-order chi connectivity index (χ0) is 15.7. The number of hydrogen-bond acceptors (Lipinski definition) is 3. The van der Waals surface area contributed by atoms with Gasteiger partial charge in [-0.25, -0.2) is 0 Å². The molecule has 3 nitrogen and oxygen atoms in total. The highest BCUT2D eigenvalue weighted by molar-refractivity contribution is 7.16. The molecule has 2 heterocycles. The zero-order valence-corrected chi connectivity index (χ0v) is 13.4. The van der Waals surface area contributed by atoms with E-state index < -0.39 is 0 Å². The van der Waals surface area contributed by atoms with E-state index in [-0.39, 0.29) is 11.8 Å². The lowest BCUT2D eigenvalue weighted by atomic mass is 9.86. The van der Waals surface area contributed by atoms with Gasteiger partial charge in [0.1, 0.15) is 6.29 Å². The first-order valence-electron chi connectivity index (χ1n) is 6.87. The maximum absolute atomic E-state index is 12.0. The van der Waals surface area contributed by atoms with Gasteiger partial charge < -0.3 is 4.90 Å². The van der Waals surface area contributed by atoms with Crippen LogP contribution in [-0.4, -0.2) is 23.6 Å². The first-order chi connectivity index (χ1) is 10.6. The Morgan fingerprint density at radius 2 is 2.14 bits per heavy atom. The van der Waals surface area contributed by atoms with Gasteiger partial charge >= 0.3 is 0 Å². The second kappa shape index (κ2) is 6.07. The smallest absolute Gasteiger partial charge is 0.246 e. The van der Waals surface area contributed by atoms with E-state index >= 15 is 0 Å². The molecule has 0 N–H and O–H groups in total. The number of nitrogens with zero attached hydrogens (tertiary/aromatic N) is 1. The van der Waals surface area contributed by atoms with E-state index in [1.165, 1.54) is 17.4 Å². The van der Waals surface area contributed by atoms with Crippen molar-refractivity contribution in [2.75, 3.05) is 6.54 Å². The minimum atomic E-state index is -0.108. The van der Waals surface area contributed by atoms with Crippen molar-refractivity contribution < 1.29 is 9.59 Å². The van der Waals surface area contributed by atoms with Crippen molar-refractivity contribution in [1.82, 2.24) is 4.90 Å². The molecule has 1 amide bonds. The molecule has 5 heteroatoms. The second-order valence-corrected chi connectivity index (χ2v) is 6.92. The quantitative estimate of drug-likeness (QED) is 0.632. The van der Waals surface area contributed by atoms with Gasteiger partial charge in [0.15, 0.2) is 0 Å². The van der Waals surface area contributed by atoms with Crippen LogP contribution < -0.4 is 0 Å². The summed E-state index contributed by atoms with van der Waals surface area (Å²) in [4.78, 5) is 26.2. The molecule has 1 aromatic heterocycles. The molecule has 22 heavy (non-hydrogen) atoms. The highest BCUT2D eigenvalue weighted by Gasteiger charge is 2.31.